The van der Waals surface area contributed by atoms with Crippen LogP contribution in [0.5, 0.6) is 5.75 Å². The first-order valence-corrected chi connectivity index (χ1v) is 11.1. The second-order valence-corrected chi connectivity index (χ2v) is 9.31. The van der Waals surface area contributed by atoms with Crippen molar-refractivity contribution in [2.24, 2.45) is 0 Å². The summed E-state index contributed by atoms with van der Waals surface area (Å²) in [6.07, 6.45) is 0. The van der Waals surface area contributed by atoms with Gasteiger partial charge in [-0.25, -0.2) is 0 Å². The predicted octanol–water partition coefficient (Wildman–Crippen LogP) is 6.65. The summed E-state index contributed by atoms with van der Waals surface area (Å²) in [6.45, 7) is 6.65. The van der Waals surface area contributed by atoms with Crippen LogP contribution in [0.1, 0.15) is 26.3 Å². The lowest BCUT2D eigenvalue weighted by atomic mass is 10.1. The maximum Gasteiger partial charge on any atom is 0.285 e. The number of nitrogens with one attached hydrogen (secondary N) is 1. The second-order valence-electron chi connectivity index (χ2n) is 8.36. The Labute approximate surface area is 186 Å². The van der Waals surface area contributed by atoms with Gasteiger partial charge in [-0.1, -0.05) is 72.2 Å². The van der Waals surface area contributed by atoms with E-state index in [-0.39, 0.29) is 11.1 Å². The first kappa shape index (κ1) is 20.9. The third-order valence-electron chi connectivity index (χ3n) is 4.83. The van der Waals surface area contributed by atoms with Crippen LogP contribution in [-0.2, 0) is 12.1 Å². The Hall–Kier alpha value is -3.31. The molecule has 5 heteroatoms. The Balaban J connectivity index is 1.58. The molecule has 158 valence electrons. The van der Waals surface area contributed by atoms with Gasteiger partial charge in [0.15, 0.2) is 0 Å². The molecule has 4 nitrogen and oxygen atoms in total. The van der Waals surface area contributed by atoms with Crippen molar-refractivity contribution in [2.75, 3.05) is 5.32 Å². The number of hydrogen-bond acceptors (Lipinski definition) is 4. The Kier molecular flexibility index (Phi) is 5.96. The summed E-state index contributed by atoms with van der Waals surface area (Å²) < 4.78 is 7.70. The predicted molar refractivity (Wildman–Crippen MR) is 130 cm³/mol. The molecule has 3 aromatic carbocycles. The maximum atomic E-state index is 13.2. The maximum absolute atomic E-state index is 13.2. The first-order chi connectivity index (χ1) is 14.9. The van der Waals surface area contributed by atoms with E-state index >= 15 is 0 Å². The number of rotatable bonds is 6. The molecule has 0 bridgehead atoms. The summed E-state index contributed by atoms with van der Waals surface area (Å²) in [5.41, 5.74) is 3.29. The SMILES string of the molecule is CC(C)(C)n1sc(-c2ccccc2)c(Nc2ccc(OCc3ccccc3)cc2)c1=O. The zero-order valence-electron chi connectivity index (χ0n) is 18.0. The van der Waals surface area contributed by atoms with E-state index in [1.807, 2.05) is 110 Å². The zero-order valence-corrected chi connectivity index (χ0v) is 18.8. The van der Waals surface area contributed by atoms with Gasteiger partial charge in [-0.3, -0.25) is 8.75 Å². The highest BCUT2D eigenvalue weighted by Crippen LogP contribution is 2.35. The molecule has 0 radical (unpaired) electrons. The summed E-state index contributed by atoms with van der Waals surface area (Å²) in [7, 11) is 0. The van der Waals surface area contributed by atoms with Gasteiger partial charge in [0.1, 0.15) is 18.0 Å². The molecular weight excluding hydrogens is 404 g/mol. The Morgan fingerprint density at radius 3 is 2.10 bits per heavy atom. The van der Waals surface area contributed by atoms with E-state index in [9.17, 15) is 4.79 Å². The van der Waals surface area contributed by atoms with E-state index in [4.69, 9.17) is 4.74 Å². The highest BCUT2D eigenvalue weighted by Gasteiger charge is 2.24. The number of anilines is 2. The molecule has 1 aromatic heterocycles. The van der Waals surface area contributed by atoms with Crippen molar-refractivity contribution < 1.29 is 4.74 Å². The minimum absolute atomic E-state index is 0.0132. The normalized spacial score (nSPS) is 11.3. The lowest BCUT2D eigenvalue weighted by Crippen LogP contribution is -2.29. The van der Waals surface area contributed by atoms with Gasteiger partial charge in [-0.2, -0.15) is 0 Å². The van der Waals surface area contributed by atoms with Crippen LogP contribution in [0.2, 0.25) is 0 Å². The van der Waals surface area contributed by atoms with Crippen LogP contribution in [0.25, 0.3) is 10.4 Å². The Morgan fingerprint density at radius 1 is 0.871 bits per heavy atom. The van der Waals surface area contributed by atoms with Crippen molar-refractivity contribution in [1.29, 1.82) is 0 Å². The average Bonchev–Trinajstić information content (AvgIpc) is 3.11. The van der Waals surface area contributed by atoms with Crippen molar-refractivity contribution in [2.45, 2.75) is 32.9 Å². The van der Waals surface area contributed by atoms with Gasteiger partial charge in [0.2, 0.25) is 0 Å². The van der Waals surface area contributed by atoms with Gasteiger partial charge in [-0.05, 0) is 56.2 Å². The molecule has 0 saturated carbocycles. The van der Waals surface area contributed by atoms with Crippen LogP contribution < -0.4 is 15.6 Å². The van der Waals surface area contributed by atoms with Gasteiger partial charge in [0.25, 0.3) is 5.56 Å². The van der Waals surface area contributed by atoms with Gasteiger partial charge < -0.3 is 10.1 Å². The third-order valence-corrected chi connectivity index (χ3v) is 6.34. The number of nitrogens with zero attached hydrogens (tertiary/aromatic N) is 1. The summed E-state index contributed by atoms with van der Waals surface area (Å²) in [6, 6.07) is 27.8. The number of benzene rings is 3. The van der Waals surface area contributed by atoms with E-state index in [2.05, 4.69) is 5.32 Å². The molecule has 0 saturated heterocycles. The van der Waals surface area contributed by atoms with Crippen molar-refractivity contribution >= 4 is 22.9 Å². The quantitative estimate of drug-likeness (QED) is 0.372. The van der Waals surface area contributed by atoms with Crippen LogP contribution in [-0.4, -0.2) is 3.96 Å². The monoisotopic (exact) mass is 430 g/mol. The van der Waals surface area contributed by atoms with Gasteiger partial charge >= 0.3 is 0 Å². The minimum atomic E-state index is -0.291. The highest BCUT2D eigenvalue weighted by molar-refractivity contribution is 7.11. The molecule has 0 spiro atoms. The molecule has 1 heterocycles. The largest absolute Gasteiger partial charge is 0.489 e. The van der Waals surface area contributed by atoms with Gasteiger partial charge in [0, 0.05) is 5.69 Å². The van der Waals surface area contributed by atoms with E-state index in [0.29, 0.717) is 12.3 Å². The molecular formula is C26H26N2O2S. The van der Waals surface area contributed by atoms with Crippen molar-refractivity contribution in [1.82, 2.24) is 3.96 Å². The van der Waals surface area contributed by atoms with E-state index in [0.717, 1.165) is 27.4 Å². The molecule has 0 aliphatic rings. The molecule has 0 aliphatic heterocycles. The average molecular weight is 431 g/mol. The van der Waals surface area contributed by atoms with Gasteiger partial charge in [0.05, 0.1) is 10.4 Å². The van der Waals surface area contributed by atoms with Crippen LogP contribution >= 0.6 is 11.5 Å². The van der Waals surface area contributed by atoms with Gasteiger partial charge in [-0.15, -0.1) is 0 Å². The summed E-state index contributed by atoms with van der Waals surface area (Å²) in [5.74, 6) is 0.787. The number of aromatic nitrogens is 1. The summed E-state index contributed by atoms with van der Waals surface area (Å²) in [5, 5.41) is 3.35. The first-order valence-electron chi connectivity index (χ1n) is 10.3. The Bertz CT molecular complexity index is 1190. The second kappa shape index (κ2) is 8.82. The fraction of sp³-hybridized carbons (Fsp3) is 0.192. The molecule has 0 unspecified atom stereocenters. The topological polar surface area (TPSA) is 43.3 Å². The van der Waals surface area contributed by atoms with E-state index in [1.165, 1.54) is 11.5 Å². The zero-order chi connectivity index (χ0) is 21.8. The van der Waals surface area contributed by atoms with E-state index in [1.54, 1.807) is 0 Å². The van der Waals surface area contributed by atoms with Crippen LogP contribution in [0.15, 0.2) is 89.7 Å². The summed E-state index contributed by atoms with van der Waals surface area (Å²) >= 11 is 1.49. The third kappa shape index (κ3) is 4.89. The molecule has 1 N–H and O–H groups in total. The highest BCUT2D eigenvalue weighted by atomic mass is 32.1. The standard InChI is InChI=1S/C26H26N2O2S/c1-26(2,3)28-25(29)23(24(31-28)20-12-8-5-9-13-20)27-21-14-16-22(17-15-21)30-18-19-10-6-4-7-11-19/h4-17,27H,18H2,1-3H3. The molecule has 0 fully saturated rings. The fourth-order valence-corrected chi connectivity index (χ4v) is 4.34. The minimum Gasteiger partial charge on any atom is -0.489 e. The van der Waals surface area contributed by atoms with Crippen molar-refractivity contribution in [3.05, 3.63) is 101 Å². The van der Waals surface area contributed by atoms with Crippen molar-refractivity contribution in [3.63, 3.8) is 0 Å². The molecule has 4 rings (SSSR count). The summed E-state index contributed by atoms with van der Waals surface area (Å²) in [4.78, 5) is 14.2. The smallest absolute Gasteiger partial charge is 0.285 e. The molecule has 0 aliphatic carbocycles. The molecule has 31 heavy (non-hydrogen) atoms. The Morgan fingerprint density at radius 2 is 1.48 bits per heavy atom. The lowest BCUT2D eigenvalue weighted by molar-refractivity contribution is 0.306. The molecule has 0 atom stereocenters. The van der Waals surface area contributed by atoms with Crippen LogP contribution in [0, 0.1) is 0 Å². The van der Waals surface area contributed by atoms with E-state index < -0.39 is 0 Å². The number of ether oxygens (including phenoxy) is 1. The van der Waals surface area contributed by atoms with Crippen LogP contribution in [0.4, 0.5) is 11.4 Å². The van der Waals surface area contributed by atoms with Crippen LogP contribution in [0.3, 0.4) is 0 Å². The fourth-order valence-electron chi connectivity index (χ4n) is 3.24. The lowest BCUT2D eigenvalue weighted by Gasteiger charge is -2.18. The molecule has 4 aromatic rings. The number of hydrogen-bond donors (Lipinski definition) is 1. The molecule has 0 amide bonds. The van der Waals surface area contributed by atoms with Crippen molar-refractivity contribution in [3.8, 4) is 16.2 Å².